The number of ether oxygens (including phenoxy) is 1. The van der Waals surface area contributed by atoms with Gasteiger partial charge in [-0.05, 0) is 44.9 Å². The summed E-state index contributed by atoms with van der Waals surface area (Å²) in [5.74, 6) is 0.0901. The summed E-state index contributed by atoms with van der Waals surface area (Å²) in [5, 5.41) is 0. The van der Waals surface area contributed by atoms with Crippen molar-refractivity contribution in [3.05, 3.63) is 23.8 Å². The molecule has 122 valence electrons. The first kappa shape index (κ1) is 16.8. The summed E-state index contributed by atoms with van der Waals surface area (Å²) in [4.78, 5) is 14.2. The summed E-state index contributed by atoms with van der Waals surface area (Å²) in [5.41, 5.74) is 0.367. The highest BCUT2D eigenvalue weighted by Crippen LogP contribution is 2.26. The first-order chi connectivity index (χ1) is 10.3. The van der Waals surface area contributed by atoms with Crippen molar-refractivity contribution in [1.82, 2.24) is 9.62 Å². The number of rotatable bonds is 5. The van der Waals surface area contributed by atoms with Crippen molar-refractivity contribution in [1.29, 1.82) is 0 Å². The molecule has 1 aliphatic rings. The van der Waals surface area contributed by atoms with E-state index in [1.54, 1.807) is 24.8 Å². The highest BCUT2D eigenvalue weighted by Gasteiger charge is 2.25. The predicted molar refractivity (Wildman–Crippen MR) is 83.6 cm³/mol. The summed E-state index contributed by atoms with van der Waals surface area (Å²) >= 11 is 0. The zero-order valence-corrected chi connectivity index (χ0v) is 13.9. The summed E-state index contributed by atoms with van der Waals surface area (Å²) < 4.78 is 32.4. The van der Waals surface area contributed by atoms with E-state index in [4.69, 9.17) is 4.74 Å². The molecule has 1 aliphatic heterocycles. The molecule has 1 amide bonds. The minimum absolute atomic E-state index is 0.00579. The van der Waals surface area contributed by atoms with E-state index in [-0.39, 0.29) is 22.6 Å². The molecule has 0 unspecified atom stereocenters. The number of benzene rings is 1. The second-order valence-corrected chi connectivity index (χ2v) is 7.32. The maximum absolute atomic E-state index is 12.4. The third kappa shape index (κ3) is 3.59. The van der Waals surface area contributed by atoms with Crippen LogP contribution in [-0.2, 0) is 10.0 Å². The normalized spacial score (nSPS) is 15.4. The molecule has 0 atom stereocenters. The Labute approximate surface area is 131 Å². The Balaban J connectivity index is 2.40. The Morgan fingerprint density at radius 3 is 2.45 bits per heavy atom. The van der Waals surface area contributed by atoms with E-state index in [9.17, 15) is 13.2 Å². The first-order valence-corrected chi connectivity index (χ1v) is 8.83. The van der Waals surface area contributed by atoms with Crippen LogP contribution in [0.15, 0.2) is 23.1 Å². The molecule has 0 radical (unpaired) electrons. The number of nitrogens with zero attached hydrogens (tertiary/aromatic N) is 1. The maximum atomic E-state index is 12.4. The lowest BCUT2D eigenvalue weighted by molar-refractivity contribution is 0.0792. The summed E-state index contributed by atoms with van der Waals surface area (Å²) in [6.07, 6.45) is 1.98. The summed E-state index contributed by atoms with van der Waals surface area (Å²) in [6, 6.07) is 4.28. The number of sulfonamides is 1. The van der Waals surface area contributed by atoms with Crippen molar-refractivity contribution >= 4 is 15.9 Å². The zero-order valence-electron chi connectivity index (χ0n) is 13.1. The summed E-state index contributed by atoms with van der Waals surface area (Å²) in [7, 11) is -2.32. The Hall–Kier alpha value is -1.60. The topological polar surface area (TPSA) is 75.7 Å². The zero-order chi connectivity index (χ0) is 16.3. The van der Waals surface area contributed by atoms with Gasteiger partial charge in [0.05, 0.1) is 7.11 Å². The van der Waals surface area contributed by atoms with E-state index in [0.717, 1.165) is 25.9 Å². The number of carbonyl (C=O) groups excluding carboxylic acids is 1. The van der Waals surface area contributed by atoms with Gasteiger partial charge in [0.1, 0.15) is 10.6 Å². The van der Waals surface area contributed by atoms with Crippen LogP contribution in [0.5, 0.6) is 5.75 Å². The molecule has 0 aromatic heterocycles. The van der Waals surface area contributed by atoms with Crippen LogP contribution < -0.4 is 9.46 Å². The second kappa shape index (κ2) is 6.66. The maximum Gasteiger partial charge on any atom is 0.253 e. The van der Waals surface area contributed by atoms with Gasteiger partial charge in [0, 0.05) is 24.7 Å². The van der Waals surface area contributed by atoms with Crippen molar-refractivity contribution in [2.45, 2.75) is 37.6 Å². The predicted octanol–water partition coefficient (Wildman–Crippen LogP) is 1.62. The molecule has 0 aliphatic carbocycles. The molecule has 0 spiro atoms. The van der Waals surface area contributed by atoms with E-state index in [2.05, 4.69) is 4.72 Å². The van der Waals surface area contributed by atoms with Gasteiger partial charge in [-0.3, -0.25) is 4.79 Å². The second-order valence-electron chi connectivity index (χ2n) is 5.64. The standard InChI is InChI=1S/C15H22N2O4S/c1-11(2)16-22(19,20)14-10-12(6-7-13(14)21-3)15(18)17-8-4-5-9-17/h6-7,10-11,16H,4-5,8-9H2,1-3H3. The highest BCUT2D eigenvalue weighted by atomic mass is 32.2. The fourth-order valence-corrected chi connectivity index (χ4v) is 3.94. The van der Waals surface area contributed by atoms with Crippen LogP contribution in [0.2, 0.25) is 0 Å². The fraction of sp³-hybridized carbons (Fsp3) is 0.533. The Morgan fingerprint density at radius 2 is 1.91 bits per heavy atom. The van der Waals surface area contributed by atoms with E-state index < -0.39 is 10.0 Å². The number of hydrogen-bond acceptors (Lipinski definition) is 4. The quantitative estimate of drug-likeness (QED) is 0.892. The molecule has 6 nitrogen and oxygen atoms in total. The monoisotopic (exact) mass is 326 g/mol. The van der Waals surface area contributed by atoms with E-state index >= 15 is 0 Å². The van der Waals surface area contributed by atoms with Crippen LogP contribution in [0.3, 0.4) is 0 Å². The van der Waals surface area contributed by atoms with Crippen LogP contribution in [0.25, 0.3) is 0 Å². The molecule has 1 heterocycles. The molecule has 1 saturated heterocycles. The van der Waals surface area contributed by atoms with Crippen LogP contribution in [0.4, 0.5) is 0 Å². The van der Waals surface area contributed by atoms with E-state index in [1.165, 1.54) is 19.2 Å². The van der Waals surface area contributed by atoms with Crippen LogP contribution in [0, 0.1) is 0 Å². The molecular weight excluding hydrogens is 304 g/mol. The number of likely N-dealkylation sites (tertiary alicyclic amines) is 1. The number of nitrogens with one attached hydrogen (secondary N) is 1. The largest absolute Gasteiger partial charge is 0.495 e. The molecule has 1 fully saturated rings. The van der Waals surface area contributed by atoms with Crippen LogP contribution in [-0.4, -0.2) is 45.5 Å². The molecule has 1 N–H and O–H groups in total. The number of carbonyl (C=O) groups is 1. The van der Waals surface area contributed by atoms with Gasteiger partial charge in [0.2, 0.25) is 10.0 Å². The minimum Gasteiger partial charge on any atom is -0.495 e. The summed E-state index contributed by atoms with van der Waals surface area (Å²) in [6.45, 7) is 4.92. The number of amides is 1. The Morgan fingerprint density at radius 1 is 1.27 bits per heavy atom. The van der Waals surface area contributed by atoms with Gasteiger partial charge in [-0.1, -0.05) is 0 Å². The van der Waals surface area contributed by atoms with Gasteiger partial charge in [0.25, 0.3) is 5.91 Å². The van der Waals surface area contributed by atoms with Gasteiger partial charge in [0.15, 0.2) is 0 Å². The van der Waals surface area contributed by atoms with Crippen molar-refractivity contribution in [3.8, 4) is 5.75 Å². The lowest BCUT2D eigenvalue weighted by Crippen LogP contribution is -2.31. The molecule has 22 heavy (non-hydrogen) atoms. The average molecular weight is 326 g/mol. The third-order valence-corrected chi connectivity index (χ3v) is 5.16. The highest BCUT2D eigenvalue weighted by molar-refractivity contribution is 7.89. The Kier molecular flexibility index (Phi) is 5.08. The van der Waals surface area contributed by atoms with E-state index in [0.29, 0.717) is 5.56 Å². The van der Waals surface area contributed by atoms with Gasteiger partial charge in [-0.2, -0.15) is 0 Å². The smallest absolute Gasteiger partial charge is 0.253 e. The molecule has 0 bridgehead atoms. The fourth-order valence-electron chi connectivity index (χ4n) is 2.50. The van der Waals surface area contributed by atoms with Gasteiger partial charge in [-0.25, -0.2) is 13.1 Å². The first-order valence-electron chi connectivity index (χ1n) is 7.35. The average Bonchev–Trinajstić information content (AvgIpc) is 2.98. The molecule has 1 aromatic carbocycles. The molecule has 0 saturated carbocycles. The molecular formula is C15H22N2O4S. The van der Waals surface area contributed by atoms with Gasteiger partial charge >= 0.3 is 0 Å². The van der Waals surface area contributed by atoms with Crippen molar-refractivity contribution in [2.75, 3.05) is 20.2 Å². The van der Waals surface area contributed by atoms with Gasteiger partial charge in [-0.15, -0.1) is 0 Å². The van der Waals surface area contributed by atoms with Gasteiger partial charge < -0.3 is 9.64 Å². The minimum atomic E-state index is -3.73. The van der Waals surface area contributed by atoms with Crippen molar-refractivity contribution in [2.24, 2.45) is 0 Å². The lowest BCUT2D eigenvalue weighted by atomic mass is 10.2. The molecule has 7 heteroatoms. The van der Waals surface area contributed by atoms with Crippen molar-refractivity contribution in [3.63, 3.8) is 0 Å². The molecule has 2 rings (SSSR count). The van der Waals surface area contributed by atoms with E-state index in [1.807, 2.05) is 0 Å². The number of hydrogen-bond donors (Lipinski definition) is 1. The SMILES string of the molecule is COc1ccc(C(=O)N2CCCC2)cc1S(=O)(=O)NC(C)C. The lowest BCUT2D eigenvalue weighted by Gasteiger charge is -2.17. The molecule has 1 aromatic rings. The van der Waals surface area contributed by atoms with Crippen LogP contribution in [0.1, 0.15) is 37.0 Å². The van der Waals surface area contributed by atoms with Crippen LogP contribution >= 0.6 is 0 Å². The number of methoxy groups -OCH3 is 1. The Bertz CT molecular complexity index is 650. The van der Waals surface area contributed by atoms with Crippen molar-refractivity contribution < 1.29 is 17.9 Å². The third-order valence-electron chi connectivity index (χ3n) is 3.48.